The summed E-state index contributed by atoms with van der Waals surface area (Å²) in [5.74, 6) is 0.146. The van der Waals surface area contributed by atoms with Gasteiger partial charge in [0.1, 0.15) is 6.61 Å². The SMILES string of the molecule is CC(C)N1C(=O)CO[C@H]2CCN(Cc3ccccc3)CC[C@@H]21. The van der Waals surface area contributed by atoms with Crippen molar-refractivity contribution in [1.29, 1.82) is 0 Å². The molecule has 0 saturated carbocycles. The second-order valence-corrected chi connectivity index (χ2v) is 6.65. The molecule has 2 aliphatic rings. The molecule has 3 rings (SSSR count). The Labute approximate surface area is 133 Å². The first-order chi connectivity index (χ1) is 10.6. The minimum atomic E-state index is 0.146. The largest absolute Gasteiger partial charge is 0.366 e. The standard InChI is InChI=1S/C18H26N2O2/c1-14(2)20-16-8-10-19(12-15-6-4-3-5-7-15)11-9-17(16)22-13-18(20)21/h3-7,14,16-17H,8-13H2,1-2H3/t16-,17-/m0/s1. The van der Waals surface area contributed by atoms with Gasteiger partial charge in [0.25, 0.3) is 0 Å². The zero-order chi connectivity index (χ0) is 15.5. The normalized spacial score (nSPS) is 26.9. The molecule has 0 aliphatic carbocycles. The summed E-state index contributed by atoms with van der Waals surface area (Å²) in [6.07, 6.45) is 2.20. The number of benzene rings is 1. The van der Waals surface area contributed by atoms with Gasteiger partial charge in [-0.2, -0.15) is 0 Å². The minimum absolute atomic E-state index is 0.146. The van der Waals surface area contributed by atoms with Gasteiger partial charge in [0.15, 0.2) is 0 Å². The molecule has 2 heterocycles. The average molecular weight is 302 g/mol. The van der Waals surface area contributed by atoms with Crippen LogP contribution < -0.4 is 0 Å². The fourth-order valence-corrected chi connectivity index (χ4v) is 3.74. The molecule has 4 heteroatoms. The van der Waals surface area contributed by atoms with E-state index in [9.17, 15) is 4.79 Å². The molecule has 2 saturated heterocycles. The van der Waals surface area contributed by atoms with E-state index in [2.05, 4.69) is 54.0 Å². The molecule has 22 heavy (non-hydrogen) atoms. The highest BCUT2D eigenvalue weighted by molar-refractivity contribution is 5.78. The summed E-state index contributed by atoms with van der Waals surface area (Å²) >= 11 is 0. The summed E-state index contributed by atoms with van der Waals surface area (Å²) in [6.45, 7) is 7.50. The number of amides is 1. The lowest BCUT2D eigenvalue weighted by atomic mass is 10.0. The van der Waals surface area contributed by atoms with Crippen molar-refractivity contribution in [3.05, 3.63) is 35.9 Å². The van der Waals surface area contributed by atoms with E-state index in [4.69, 9.17) is 4.74 Å². The van der Waals surface area contributed by atoms with Crippen LogP contribution >= 0.6 is 0 Å². The van der Waals surface area contributed by atoms with Crippen LogP contribution in [0.2, 0.25) is 0 Å². The Morgan fingerprint density at radius 1 is 1.18 bits per heavy atom. The topological polar surface area (TPSA) is 32.8 Å². The molecular weight excluding hydrogens is 276 g/mol. The minimum Gasteiger partial charge on any atom is -0.366 e. The maximum absolute atomic E-state index is 12.2. The highest BCUT2D eigenvalue weighted by Gasteiger charge is 2.39. The van der Waals surface area contributed by atoms with Gasteiger partial charge in [0.05, 0.1) is 12.1 Å². The van der Waals surface area contributed by atoms with Crippen molar-refractivity contribution >= 4 is 5.91 Å². The Morgan fingerprint density at radius 3 is 2.64 bits per heavy atom. The number of morpholine rings is 1. The number of carbonyl (C=O) groups excluding carboxylic acids is 1. The van der Waals surface area contributed by atoms with Gasteiger partial charge in [-0.05, 0) is 32.3 Å². The van der Waals surface area contributed by atoms with Gasteiger partial charge in [-0.3, -0.25) is 9.69 Å². The van der Waals surface area contributed by atoms with Gasteiger partial charge in [-0.15, -0.1) is 0 Å². The van der Waals surface area contributed by atoms with E-state index in [1.54, 1.807) is 0 Å². The molecule has 0 spiro atoms. The molecule has 1 aromatic rings. The number of hydrogen-bond acceptors (Lipinski definition) is 3. The third kappa shape index (κ3) is 3.33. The molecule has 4 nitrogen and oxygen atoms in total. The third-order valence-electron chi connectivity index (χ3n) is 4.77. The van der Waals surface area contributed by atoms with Crippen LogP contribution in [0.1, 0.15) is 32.3 Å². The van der Waals surface area contributed by atoms with E-state index in [-0.39, 0.29) is 30.7 Å². The summed E-state index contributed by atoms with van der Waals surface area (Å²) in [7, 11) is 0. The Morgan fingerprint density at radius 2 is 1.91 bits per heavy atom. The van der Waals surface area contributed by atoms with Gasteiger partial charge >= 0.3 is 0 Å². The molecule has 120 valence electrons. The molecular formula is C18H26N2O2. The van der Waals surface area contributed by atoms with Crippen LogP contribution in [-0.4, -0.2) is 53.6 Å². The van der Waals surface area contributed by atoms with Crippen molar-refractivity contribution in [1.82, 2.24) is 9.80 Å². The monoisotopic (exact) mass is 302 g/mol. The molecule has 0 bridgehead atoms. The summed E-state index contributed by atoms with van der Waals surface area (Å²) in [5, 5.41) is 0. The Bertz CT molecular complexity index is 503. The Balaban J connectivity index is 1.67. The zero-order valence-electron chi connectivity index (χ0n) is 13.6. The van der Waals surface area contributed by atoms with Crippen LogP contribution in [0.25, 0.3) is 0 Å². The molecule has 1 amide bonds. The zero-order valence-corrected chi connectivity index (χ0v) is 13.6. The maximum Gasteiger partial charge on any atom is 0.249 e. The van der Waals surface area contributed by atoms with E-state index < -0.39 is 0 Å². The fraction of sp³-hybridized carbons (Fsp3) is 0.611. The first-order valence-electron chi connectivity index (χ1n) is 8.34. The van der Waals surface area contributed by atoms with Crippen molar-refractivity contribution in [2.75, 3.05) is 19.7 Å². The average Bonchev–Trinajstić information content (AvgIpc) is 2.70. The van der Waals surface area contributed by atoms with E-state index in [1.165, 1.54) is 5.56 Å². The molecule has 1 aromatic carbocycles. The van der Waals surface area contributed by atoms with Crippen LogP contribution in [0, 0.1) is 0 Å². The van der Waals surface area contributed by atoms with Crippen LogP contribution in [0.15, 0.2) is 30.3 Å². The predicted molar refractivity (Wildman–Crippen MR) is 86.5 cm³/mol. The molecule has 0 radical (unpaired) electrons. The highest BCUT2D eigenvalue weighted by atomic mass is 16.5. The first kappa shape index (κ1) is 15.5. The second-order valence-electron chi connectivity index (χ2n) is 6.65. The van der Waals surface area contributed by atoms with Crippen molar-refractivity contribution in [2.45, 2.75) is 51.4 Å². The smallest absolute Gasteiger partial charge is 0.249 e. The van der Waals surface area contributed by atoms with E-state index >= 15 is 0 Å². The van der Waals surface area contributed by atoms with Crippen molar-refractivity contribution in [3.8, 4) is 0 Å². The highest BCUT2D eigenvalue weighted by Crippen LogP contribution is 2.26. The molecule has 0 N–H and O–H groups in total. The number of hydrogen-bond donors (Lipinski definition) is 0. The second kappa shape index (κ2) is 6.80. The quantitative estimate of drug-likeness (QED) is 0.859. The number of ether oxygens (including phenoxy) is 1. The van der Waals surface area contributed by atoms with E-state index in [1.807, 2.05) is 0 Å². The number of rotatable bonds is 3. The Kier molecular flexibility index (Phi) is 4.79. The Hall–Kier alpha value is -1.39. The van der Waals surface area contributed by atoms with E-state index in [0.29, 0.717) is 0 Å². The maximum atomic E-state index is 12.2. The van der Waals surface area contributed by atoms with Crippen molar-refractivity contribution < 1.29 is 9.53 Å². The van der Waals surface area contributed by atoms with Crippen molar-refractivity contribution in [2.24, 2.45) is 0 Å². The number of likely N-dealkylation sites (tertiary alicyclic amines) is 1. The lowest BCUT2D eigenvalue weighted by molar-refractivity contribution is -0.160. The van der Waals surface area contributed by atoms with Crippen LogP contribution in [-0.2, 0) is 16.1 Å². The molecule has 0 unspecified atom stereocenters. The van der Waals surface area contributed by atoms with Crippen LogP contribution in [0.3, 0.4) is 0 Å². The van der Waals surface area contributed by atoms with Crippen LogP contribution in [0.4, 0.5) is 0 Å². The summed E-state index contributed by atoms with van der Waals surface area (Å²) in [5.41, 5.74) is 1.35. The number of carbonyl (C=O) groups is 1. The summed E-state index contributed by atoms with van der Waals surface area (Å²) in [4.78, 5) is 16.7. The predicted octanol–water partition coefficient (Wildman–Crippen LogP) is 2.29. The fourth-order valence-electron chi connectivity index (χ4n) is 3.74. The molecule has 2 aliphatic heterocycles. The molecule has 2 atom stereocenters. The lowest BCUT2D eigenvalue weighted by Crippen LogP contribution is -2.56. The van der Waals surface area contributed by atoms with Gasteiger partial charge in [0.2, 0.25) is 5.91 Å². The molecule has 2 fully saturated rings. The van der Waals surface area contributed by atoms with Gasteiger partial charge < -0.3 is 9.64 Å². The number of fused-ring (bicyclic) bond motifs is 1. The van der Waals surface area contributed by atoms with Gasteiger partial charge in [0, 0.05) is 25.7 Å². The van der Waals surface area contributed by atoms with Crippen LogP contribution in [0.5, 0.6) is 0 Å². The number of nitrogens with zero attached hydrogens (tertiary/aromatic N) is 2. The third-order valence-corrected chi connectivity index (χ3v) is 4.77. The summed E-state index contributed by atoms with van der Waals surface area (Å²) < 4.78 is 5.84. The lowest BCUT2D eigenvalue weighted by Gasteiger charge is -2.42. The van der Waals surface area contributed by atoms with Gasteiger partial charge in [-0.1, -0.05) is 30.3 Å². The van der Waals surface area contributed by atoms with Crippen molar-refractivity contribution in [3.63, 3.8) is 0 Å². The van der Waals surface area contributed by atoms with Gasteiger partial charge in [-0.25, -0.2) is 0 Å². The molecule has 0 aromatic heterocycles. The summed E-state index contributed by atoms with van der Waals surface area (Å²) in [6, 6.07) is 11.1. The first-order valence-corrected chi connectivity index (χ1v) is 8.34. The van der Waals surface area contributed by atoms with E-state index in [0.717, 1.165) is 32.5 Å².